The lowest BCUT2D eigenvalue weighted by Crippen LogP contribution is -2.56. The highest BCUT2D eigenvalue weighted by molar-refractivity contribution is 5.78. The zero-order valence-electron chi connectivity index (χ0n) is 18.7. The number of fused-ring (bicyclic) bond motifs is 3. The molecule has 190 valence electrons. The van der Waals surface area contributed by atoms with Gasteiger partial charge >= 0.3 is 12.4 Å². The summed E-state index contributed by atoms with van der Waals surface area (Å²) in [6.07, 6.45) is -4.45. The van der Waals surface area contributed by atoms with Crippen LogP contribution >= 0.6 is 0 Å². The minimum Gasteiger partial charge on any atom is -0.348 e. The van der Waals surface area contributed by atoms with Crippen LogP contribution in [0.3, 0.4) is 0 Å². The van der Waals surface area contributed by atoms with Gasteiger partial charge in [0.15, 0.2) is 0 Å². The summed E-state index contributed by atoms with van der Waals surface area (Å²) in [5.74, 6) is 0.413. The number of hydrogen-bond acceptors (Lipinski definition) is 5. The molecule has 3 aliphatic rings. The van der Waals surface area contributed by atoms with Crippen LogP contribution in [0.15, 0.2) is 24.5 Å². The van der Waals surface area contributed by atoms with Crippen molar-refractivity contribution in [1.29, 1.82) is 0 Å². The Hall–Kier alpha value is -2.83. The van der Waals surface area contributed by atoms with Gasteiger partial charge in [-0.3, -0.25) is 14.4 Å². The molecule has 0 radical (unpaired) electrons. The van der Waals surface area contributed by atoms with Crippen molar-refractivity contribution in [2.45, 2.75) is 56.8 Å². The molecule has 2 saturated heterocycles. The van der Waals surface area contributed by atoms with E-state index >= 15 is 0 Å². The van der Waals surface area contributed by atoms with E-state index in [0.717, 1.165) is 29.8 Å². The summed E-state index contributed by atoms with van der Waals surface area (Å²) in [6, 6.07) is 2.55. The maximum atomic E-state index is 13.0. The first kappa shape index (κ1) is 23.9. The number of piperazine rings is 1. The number of amides is 1. The third-order valence-corrected chi connectivity index (χ3v) is 6.85. The van der Waals surface area contributed by atoms with E-state index < -0.39 is 24.5 Å². The first-order valence-electron chi connectivity index (χ1n) is 11.4. The summed E-state index contributed by atoms with van der Waals surface area (Å²) in [4.78, 5) is 22.8. The van der Waals surface area contributed by atoms with E-state index in [2.05, 4.69) is 15.0 Å². The third kappa shape index (κ3) is 5.09. The van der Waals surface area contributed by atoms with Gasteiger partial charge < -0.3 is 9.80 Å². The van der Waals surface area contributed by atoms with Crippen LogP contribution in [0, 0.1) is 0 Å². The van der Waals surface area contributed by atoms with E-state index in [1.165, 1.54) is 12.3 Å². The molecule has 2 fully saturated rings. The fraction of sp³-hybridized carbons (Fsp3) is 0.591. The quantitative estimate of drug-likeness (QED) is 0.602. The van der Waals surface area contributed by atoms with E-state index in [1.807, 2.05) is 4.90 Å². The van der Waals surface area contributed by atoms with Crippen molar-refractivity contribution in [3.8, 4) is 0 Å². The molecule has 0 aliphatic carbocycles. The fourth-order valence-corrected chi connectivity index (χ4v) is 5.34. The standard InChI is InChI=1S/C22H24F6N6O/c23-21(24,25)13-33-9-14-8-32(6-5-18(14)30-33)20(35)12-31-10-16-2-3-17(11-31)34(16)19-4-1-15(7-29-19)22(26,27)28/h1,4,7,9,16-17H,2-3,5-6,8,10-13H2. The molecule has 2 aromatic rings. The highest BCUT2D eigenvalue weighted by atomic mass is 19.4. The predicted octanol–water partition coefficient (Wildman–Crippen LogP) is 3.10. The summed E-state index contributed by atoms with van der Waals surface area (Å²) in [5.41, 5.74) is 0.438. The molecule has 1 amide bonds. The Labute approximate surface area is 197 Å². The summed E-state index contributed by atoms with van der Waals surface area (Å²) in [5, 5.41) is 4.00. The Morgan fingerprint density at radius 1 is 1.06 bits per heavy atom. The first-order chi connectivity index (χ1) is 16.5. The third-order valence-electron chi connectivity index (χ3n) is 6.85. The number of halogens is 6. The highest BCUT2D eigenvalue weighted by Gasteiger charge is 2.42. The number of anilines is 1. The number of alkyl halides is 6. The van der Waals surface area contributed by atoms with Crippen molar-refractivity contribution >= 4 is 11.7 Å². The molecule has 2 atom stereocenters. The normalized spacial score (nSPS) is 23.0. The van der Waals surface area contributed by atoms with Crippen molar-refractivity contribution in [3.05, 3.63) is 41.3 Å². The molecule has 35 heavy (non-hydrogen) atoms. The molecule has 2 bridgehead atoms. The molecule has 13 heteroatoms. The maximum Gasteiger partial charge on any atom is 0.417 e. The van der Waals surface area contributed by atoms with E-state index in [1.54, 1.807) is 4.90 Å². The Morgan fingerprint density at radius 3 is 2.37 bits per heavy atom. The molecule has 0 aromatic carbocycles. The summed E-state index contributed by atoms with van der Waals surface area (Å²) in [6.45, 7) is 0.842. The lowest BCUT2D eigenvalue weighted by Gasteiger charge is -2.42. The van der Waals surface area contributed by atoms with Gasteiger partial charge in [0.05, 0.1) is 17.8 Å². The minimum atomic E-state index is -4.43. The van der Waals surface area contributed by atoms with Crippen LogP contribution in [0.2, 0.25) is 0 Å². The van der Waals surface area contributed by atoms with Crippen molar-refractivity contribution in [2.75, 3.05) is 31.1 Å². The SMILES string of the molecule is O=C(CN1CC2CCC(C1)N2c1ccc(C(F)(F)F)cn1)N1CCc2nn(CC(F)(F)F)cc2C1. The van der Waals surface area contributed by atoms with Crippen molar-refractivity contribution in [2.24, 2.45) is 0 Å². The number of aromatic nitrogens is 3. The molecule has 5 rings (SSSR count). The highest BCUT2D eigenvalue weighted by Crippen LogP contribution is 2.35. The summed E-state index contributed by atoms with van der Waals surface area (Å²) in [7, 11) is 0. The van der Waals surface area contributed by atoms with E-state index in [9.17, 15) is 31.1 Å². The number of carbonyl (C=O) groups is 1. The van der Waals surface area contributed by atoms with Crippen LogP contribution in [-0.4, -0.2) is 74.9 Å². The summed E-state index contributed by atoms with van der Waals surface area (Å²) < 4.78 is 77.4. The van der Waals surface area contributed by atoms with Crippen LogP contribution in [0.4, 0.5) is 32.2 Å². The molecule has 2 unspecified atom stereocenters. The van der Waals surface area contributed by atoms with E-state index in [0.29, 0.717) is 43.1 Å². The number of carbonyl (C=O) groups excluding carboxylic acids is 1. The molecule has 0 N–H and O–H groups in total. The molecule has 0 saturated carbocycles. The number of nitrogens with zero attached hydrogens (tertiary/aromatic N) is 6. The molecule has 2 aromatic heterocycles. The molecule has 0 spiro atoms. The zero-order chi connectivity index (χ0) is 25.0. The van der Waals surface area contributed by atoms with Crippen LogP contribution in [0.25, 0.3) is 0 Å². The van der Waals surface area contributed by atoms with Crippen molar-refractivity contribution in [3.63, 3.8) is 0 Å². The number of hydrogen-bond donors (Lipinski definition) is 0. The van der Waals surface area contributed by atoms with Crippen LogP contribution in [-0.2, 0) is 30.5 Å². The lowest BCUT2D eigenvalue weighted by atomic mass is 10.1. The minimum absolute atomic E-state index is 0.0549. The fourth-order valence-electron chi connectivity index (χ4n) is 5.34. The van der Waals surface area contributed by atoms with E-state index in [-0.39, 0.29) is 31.1 Å². The number of pyridine rings is 1. The van der Waals surface area contributed by atoms with Gasteiger partial charge in [-0.05, 0) is 25.0 Å². The predicted molar refractivity (Wildman–Crippen MR) is 112 cm³/mol. The van der Waals surface area contributed by atoms with Crippen LogP contribution < -0.4 is 4.90 Å². The number of likely N-dealkylation sites (tertiary alicyclic amines) is 1. The molecule has 5 heterocycles. The van der Waals surface area contributed by atoms with Gasteiger partial charge in [-0.15, -0.1) is 0 Å². The molecule has 7 nitrogen and oxygen atoms in total. The first-order valence-corrected chi connectivity index (χ1v) is 11.4. The summed E-state index contributed by atoms with van der Waals surface area (Å²) >= 11 is 0. The van der Waals surface area contributed by atoms with Gasteiger partial charge in [0.1, 0.15) is 12.4 Å². The lowest BCUT2D eigenvalue weighted by molar-refractivity contribution is -0.142. The topological polar surface area (TPSA) is 57.5 Å². The van der Waals surface area contributed by atoms with Gasteiger partial charge in [-0.25, -0.2) is 4.98 Å². The second-order valence-corrected chi connectivity index (χ2v) is 9.37. The van der Waals surface area contributed by atoms with Gasteiger partial charge in [0.25, 0.3) is 0 Å². The maximum absolute atomic E-state index is 13.0. The van der Waals surface area contributed by atoms with Gasteiger partial charge in [-0.1, -0.05) is 0 Å². The average molecular weight is 502 g/mol. The average Bonchev–Trinajstić information content (AvgIpc) is 3.28. The van der Waals surface area contributed by atoms with Crippen LogP contribution in [0.5, 0.6) is 0 Å². The monoisotopic (exact) mass is 502 g/mol. The van der Waals surface area contributed by atoms with Gasteiger partial charge in [0.2, 0.25) is 5.91 Å². The zero-order valence-corrected chi connectivity index (χ0v) is 18.7. The Bertz CT molecular complexity index is 1070. The van der Waals surface area contributed by atoms with Crippen LogP contribution in [0.1, 0.15) is 29.7 Å². The van der Waals surface area contributed by atoms with Crippen molar-refractivity contribution in [1.82, 2.24) is 24.6 Å². The smallest absolute Gasteiger partial charge is 0.348 e. The molecule has 3 aliphatic heterocycles. The van der Waals surface area contributed by atoms with Gasteiger partial charge in [-0.2, -0.15) is 31.4 Å². The molecular formula is C22H24F6N6O. The number of rotatable bonds is 4. The second kappa shape index (κ2) is 8.68. The molecular weight excluding hydrogens is 478 g/mol. The Morgan fingerprint density at radius 2 is 1.77 bits per heavy atom. The Balaban J connectivity index is 1.19. The van der Waals surface area contributed by atoms with Crippen molar-refractivity contribution < 1.29 is 31.1 Å². The largest absolute Gasteiger partial charge is 0.417 e. The van der Waals surface area contributed by atoms with E-state index in [4.69, 9.17) is 0 Å². The Kier molecular flexibility index (Phi) is 5.93. The second-order valence-electron chi connectivity index (χ2n) is 9.37. The van der Waals surface area contributed by atoms with Gasteiger partial charge in [0, 0.05) is 62.6 Å².